The van der Waals surface area contributed by atoms with E-state index in [1.165, 1.54) is 0 Å². The second-order valence-corrected chi connectivity index (χ2v) is 5.98. The van der Waals surface area contributed by atoms with Crippen molar-refractivity contribution in [2.24, 2.45) is 0 Å². The third-order valence-corrected chi connectivity index (χ3v) is 4.39. The van der Waals surface area contributed by atoms with Crippen LogP contribution in [-0.2, 0) is 11.3 Å². The highest BCUT2D eigenvalue weighted by Gasteiger charge is 2.16. The van der Waals surface area contributed by atoms with Crippen LogP contribution >= 0.6 is 0 Å². The third-order valence-electron chi connectivity index (χ3n) is 4.39. The van der Waals surface area contributed by atoms with E-state index >= 15 is 0 Å². The molecule has 1 heterocycles. The minimum atomic E-state index is -0.317. The molecule has 4 rings (SSSR count). The molecular formula is C21H17BNO2. The summed E-state index contributed by atoms with van der Waals surface area (Å²) in [6.07, 6.45) is 0. The molecule has 4 aromatic rings. The number of hydrogen-bond acceptors (Lipinski definition) is 2. The molecule has 0 fully saturated rings. The van der Waals surface area contributed by atoms with Gasteiger partial charge in [0.05, 0.1) is 0 Å². The summed E-state index contributed by atoms with van der Waals surface area (Å²) in [6, 6.07) is 24.0. The summed E-state index contributed by atoms with van der Waals surface area (Å²) in [5.74, 6) is -0.317. The van der Waals surface area contributed by atoms with E-state index in [0.29, 0.717) is 5.69 Å². The molecule has 25 heavy (non-hydrogen) atoms. The topological polar surface area (TPSA) is 31.2 Å². The second kappa shape index (κ2) is 6.48. The average Bonchev–Trinajstić information content (AvgIpc) is 3.02. The molecule has 1 radical (unpaired) electrons. The Hall–Kier alpha value is -3.01. The SMILES string of the molecule is C[B]n1c(C(=O)OCc2ccccc2)cc2cc3ccccc3cc21. The average molecular weight is 326 g/mol. The van der Waals surface area contributed by atoms with Crippen LogP contribution < -0.4 is 0 Å². The molecule has 0 atom stereocenters. The van der Waals surface area contributed by atoms with Crippen molar-refractivity contribution >= 4 is 35.1 Å². The van der Waals surface area contributed by atoms with Gasteiger partial charge in [0.2, 0.25) is 7.41 Å². The lowest BCUT2D eigenvalue weighted by Crippen LogP contribution is -2.14. The predicted molar refractivity (Wildman–Crippen MR) is 102 cm³/mol. The minimum absolute atomic E-state index is 0.271. The molecule has 4 heteroatoms. The van der Waals surface area contributed by atoms with Crippen molar-refractivity contribution in [1.29, 1.82) is 0 Å². The number of carbonyl (C=O) groups excluding carboxylic acids is 1. The van der Waals surface area contributed by atoms with Gasteiger partial charge in [-0.15, -0.1) is 0 Å². The van der Waals surface area contributed by atoms with Gasteiger partial charge in [0.1, 0.15) is 12.3 Å². The van der Waals surface area contributed by atoms with Gasteiger partial charge < -0.3 is 9.21 Å². The van der Waals surface area contributed by atoms with Crippen molar-refractivity contribution in [2.75, 3.05) is 0 Å². The van der Waals surface area contributed by atoms with Gasteiger partial charge in [0.15, 0.2) is 0 Å². The Morgan fingerprint density at radius 2 is 1.60 bits per heavy atom. The maximum Gasteiger partial charge on any atom is 0.354 e. The van der Waals surface area contributed by atoms with Crippen LogP contribution in [0.15, 0.2) is 72.8 Å². The van der Waals surface area contributed by atoms with E-state index < -0.39 is 0 Å². The zero-order valence-electron chi connectivity index (χ0n) is 14.0. The molecule has 0 N–H and O–H groups in total. The fraction of sp³-hybridized carbons (Fsp3) is 0.0952. The Labute approximate surface area is 147 Å². The Morgan fingerprint density at radius 3 is 2.32 bits per heavy atom. The van der Waals surface area contributed by atoms with Gasteiger partial charge in [-0.3, -0.25) is 0 Å². The Bertz CT molecular complexity index is 1050. The summed E-state index contributed by atoms with van der Waals surface area (Å²) < 4.78 is 7.40. The van der Waals surface area contributed by atoms with Crippen molar-refractivity contribution < 1.29 is 9.53 Å². The molecule has 1 aromatic heterocycles. The summed E-state index contributed by atoms with van der Waals surface area (Å²) in [7, 11) is 1.90. The number of benzene rings is 3. The number of ether oxygens (including phenoxy) is 1. The number of hydrogen-bond donors (Lipinski definition) is 0. The van der Waals surface area contributed by atoms with E-state index in [9.17, 15) is 4.79 Å². The summed E-state index contributed by atoms with van der Waals surface area (Å²) in [4.78, 5) is 12.6. The number of rotatable bonds is 4. The third kappa shape index (κ3) is 2.91. The van der Waals surface area contributed by atoms with Crippen LogP contribution in [0, 0.1) is 0 Å². The minimum Gasteiger partial charge on any atom is -0.456 e. The maximum atomic E-state index is 12.6. The lowest BCUT2D eigenvalue weighted by Gasteiger charge is -2.08. The molecule has 0 unspecified atom stereocenters. The Morgan fingerprint density at radius 1 is 0.920 bits per heavy atom. The summed E-state index contributed by atoms with van der Waals surface area (Å²) >= 11 is 0. The molecule has 121 valence electrons. The number of esters is 1. The van der Waals surface area contributed by atoms with Gasteiger partial charge in [0, 0.05) is 5.52 Å². The van der Waals surface area contributed by atoms with Crippen LogP contribution in [0.25, 0.3) is 21.7 Å². The van der Waals surface area contributed by atoms with E-state index in [4.69, 9.17) is 4.74 Å². The molecule has 0 amide bonds. The Kier molecular flexibility index (Phi) is 4.02. The number of fused-ring (bicyclic) bond motifs is 2. The van der Waals surface area contributed by atoms with E-state index in [1.807, 2.05) is 67.2 Å². The first-order valence-electron chi connectivity index (χ1n) is 8.30. The smallest absolute Gasteiger partial charge is 0.354 e. The van der Waals surface area contributed by atoms with Crippen LogP contribution in [0.3, 0.4) is 0 Å². The van der Waals surface area contributed by atoms with Crippen LogP contribution in [0.5, 0.6) is 0 Å². The van der Waals surface area contributed by atoms with E-state index in [0.717, 1.165) is 27.2 Å². The van der Waals surface area contributed by atoms with Crippen molar-refractivity contribution in [2.45, 2.75) is 13.4 Å². The van der Waals surface area contributed by atoms with Gasteiger partial charge in [0.25, 0.3) is 0 Å². The summed E-state index contributed by atoms with van der Waals surface area (Å²) in [5, 5.41) is 3.34. The molecule has 0 saturated carbocycles. The number of nitrogens with zero attached hydrogens (tertiary/aromatic N) is 1. The molecular weight excluding hydrogens is 309 g/mol. The van der Waals surface area contributed by atoms with Crippen molar-refractivity contribution in [3.63, 3.8) is 0 Å². The van der Waals surface area contributed by atoms with E-state index in [-0.39, 0.29) is 12.6 Å². The second-order valence-electron chi connectivity index (χ2n) is 5.98. The molecule has 0 spiro atoms. The fourth-order valence-corrected chi connectivity index (χ4v) is 3.15. The predicted octanol–water partition coefficient (Wildman–Crippen LogP) is 4.67. The molecule has 0 aliphatic rings. The van der Waals surface area contributed by atoms with Crippen LogP contribution in [0.2, 0.25) is 6.82 Å². The van der Waals surface area contributed by atoms with Gasteiger partial charge >= 0.3 is 5.97 Å². The molecule has 0 aliphatic heterocycles. The largest absolute Gasteiger partial charge is 0.456 e. The Balaban J connectivity index is 1.70. The standard InChI is InChI=1S/C21H17BNO2/c1-22-23-19-12-17-10-6-5-9-16(17)11-18(19)13-20(23)21(24)25-14-15-7-3-2-4-8-15/h2-13H,14H2,1H3. The molecule has 3 aromatic carbocycles. The van der Waals surface area contributed by atoms with E-state index in [2.05, 4.69) is 24.3 Å². The van der Waals surface area contributed by atoms with Crippen molar-refractivity contribution in [1.82, 2.24) is 4.48 Å². The van der Waals surface area contributed by atoms with Crippen LogP contribution in [0.4, 0.5) is 0 Å². The zero-order chi connectivity index (χ0) is 17.2. The summed E-state index contributed by atoms with van der Waals surface area (Å²) in [6.45, 7) is 2.19. The zero-order valence-corrected chi connectivity index (χ0v) is 14.0. The monoisotopic (exact) mass is 326 g/mol. The van der Waals surface area contributed by atoms with Crippen molar-refractivity contribution in [3.05, 3.63) is 84.1 Å². The van der Waals surface area contributed by atoms with Gasteiger partial charge in [-0.05, 0) is 39.9 Å². The highest BCUT2D eigenvalue weighted by Crippen LogP contribution is 2.26. The highest BCUT2D eigenvalue weighted by atomic mass is 16.5. The normalized spacial score (nSPS) is 10.9. The first-order chi connectivity index (χ1) is 12.3. The van der Waals surface area contributed by atoms with Gasteiger partial charge in [-0.25, -0.2) is 4.79 Å². The lowest BCUT2D eigenvalue weighted by molar-refractivity contribution is 0.0465. The fourth-order valence-electron chi connectivity index (χ4n) is 3.15. The summed E-state index contributed by atoms with van der Waals surface area (Å²) in [5.41, 5.74) is 2.53. The van der Waals surface area contributed by atoms with Crippen LogP contribution in [-0.4, -0.2) is 17.9 Å². The quantitative estimate of drug-likeness (QED) is 0.403. The van der Waals surface area contributed by atoms with E-state index in [1.54, 1.807) is 0 Å². The first-order valence-corrected chi connectivity index (χ1v) is 8.30. The lowest BCUT2D eigenvalue weighted by atomic mass is 9.98. The highest BCUT2D eigenvalue weighted by molar-refractivity contribution is 6.35. The molecule has 0 aliphatic carbocycles. The first kappa shape index (κ1) is 15.5. The number of carbonyl (C=O) groups is 1. The van der Waals surface area contributed by atoms with Crippen LogP contribution in [0.1, 0.15) is 16.1 Å². The van der Waals surface area contributed by atoms with Gasteiger partial charge in [-0.1, -0.05) is 61.4 Å². The molecule has 3 nitrogen and oxygen atoms in total. The van der Waals surface area contributed by atoms with Crippen molar-refractivity contribution in [3.8, 4) is 0 Å². The molecule has 0 bridgehead atoms. The van der Waals surface area contributed by atoms with Gasteiger partial charge in [-0.2, -0.15) is 0 Å². The molecule has 0 saturated heterocycles. The maximum absolute atomic E-state index is 12.6. The number of aromatic nitrogens is 1.